The van der Waals surface area contributed by atoms with E-state index in [4.69, 9.17) is 9.47 Å². The van der Waals surface area contributed by atoms with Crippen molar-refractivity contribution in [2.45, 2.75) is 25.2 Å². The zero-order valence-electron chi connectivity index (χ0n) is 10.4. The number of allylic oxidation sites excluding steroid dienone is 2. The highest BCUT2D eigenvalue weighted by Crippen LogP contribution is 2.36. The maximum absolute atomic E-state index is 12.1. The van der Waals surface area contributed by atoms with Gasteiger partial charge < -0.3 is 9.47 Å². The van der Waals surface area contributed by atoms with E-state index in [9.17, 15) is 9.59 Å². The quantitative estimate of drug-likeness (QED) is 0.725. The SMILES string of the molecule is O=C1CCOC2=C(CC(c3ccccc3)CC2=O)O1. The molecule has 1 unspecified atom stereocenters. The number of Topliss-reactive ketones (excluding diaryl/α,β-unsaturated/α-hetero) is 1. The lowest BCUT2D eigenvalue weighted by molar-refractivity contribution is -0.139. The van der Waals surface area contributed by atoms with Gasteiger partial charge >= 0.3 is 5.97 Å². The van der Waals surface area contributed by atoms with E-state index in [2.05, 4.69) is 0 Å². The summed E-state index contributed by atoms with van der Waals surface area (Å²) in [7, 11) is 0. The summed E-state index contributed by atoms with van der Waals surface area (Å²) in [4.78, 5) is 23.5. The van der Waals surface area contributed by atoms with Crippen molar-refractivity contribution >= 4 is 11.8 Å². The summed E-state index contributed by atoms with van der Waals surface area (Å²) >= 11 is 0. The van der Waals surface area contributed by atoms with E-state index >= 15 is 0 Å². The Morgan fingerprint density at radius 2 is 1.84 bits per heavy atom. The predicted molar refractivity (Wildman–Crippen MR) is 67.1 cm³/mol. The molecular weight excluding hydrogens is 244 g/mol. The first kappa shape index (κ1) is 12.0. The number of carbonyl (C=O) groups excluding carboxylic acids is 2. The molecule has 98 valence electrons. The summed E-state index contributed by atoms with van der Waals surface area (Å²) in [6, 6.07) is 9.80. The van der Waals surface area contributed by atoms with Gasteiger partial charge in [-0.25, -0.2) is 0 Å². The third-order valence-electron chi connectivity index (χ3n) is 3.43. The smallest absolute Gasteiger partial charge is 0.314 e. The van der Waals surface area contributed by atoms with E-state index in [1.165, 1.54) is 0 Å². The van der Waals surface area contributed by atoms with E-state index < -0.39 is 0 Å². The second-order valence-corrected chi connectivity index (χ2v) is 4.76. The molecule has 1 heterocycles. The fourth-order valence-electron chi connectivity index (χ4n) is 2.50. The Morgan fingerprint density at radius 3 is 2.63 bits per heavy atom. The molecule has 0 saturated carbocycles. The summed E-state index contributed by atoms with van der Waals surface area (Å²) in [6.07, 6.45) is 1.13. The number of benzene rings is 1. The molecule has 1 aliphatic carbocycles. The topological polar surface area (TPSA) is 52.6 Å². The summed E-state index contributed by atoms with van der Waals surface area (Å²) in [5.74, 6) is 0.295. The Labute approximate surface area is 111 Å². The van der Waals surface area contributed by atoms with Gasteiger partial charge in [0.25, 0.3) is 0 Å². The van der Waals surface area contributed by atoms with Crippen LogP contribution in [0.15, 0.2) is 41.9 Å². The lowest BCUT2D eigenvalue weighted by Gasteiger charge is -2.24. The van der Waals surface area contributed by atoms with Crippen molar-refractivity contribution in [1.82, 2.24) is 0 Å². The highest BCUT2D eigenvalue weighted by molar-refractivity contribution is 5.96. The van der Waals surface area contributed by atoms with Crippen molar-refractivity contribution < 1.29 is 19.1 Å². The molecular formula is C15H14O4. The van der Waals surface area contributed by atoms with Gasteiger partial charge in [-0.3, -0.25) is 9.59 Å². The third kappa shape index (κ3) is 2.38. The number of carbonyl (C=O) groups is 2. The normalized spacial score (nSPS) is 23.3. The lowest BCUT2D eigenvalue weighted by Crippen LogP contribution is -2.20. The molecule has 0 radical (unpaired) electrons. The molecule has 0 spiro atoms. The van der Waals surface area contributed by atoms with Crippen LogP contribution in [0.1, 0.15) is 30.7 Å². The number of hydrogen-bond acceptors (Lipinski definition) is 4. The molecule has 1 aromatic rings. The monoisotopic (exact) mass is 258 g/mol. The molecule has 0 amide bonds. The number of ether oxygens (including phenoxy) is 2. The van der Waals surface area contributed by atoms with Crippen molar-refractivity contribution in [2.75, 3.05) is 6.61 Å². The van der Waals surface area contributed by atoms with E-state index in [1.807, 2.05) is 30.3 Å². The predicted octanol–water partition coefficient (Wildman–Crippen LogP) is 2.31. The largest absolute Gasteiger partial charge is 0.486 e. The lowest BCUT2D eigenvalue weighted by atomic mass is 9.85. The molecule has 0 fully saturated rings. The molecule has 3 rings (SSSR count). The molecule has 1 aliphatic heterocycles. The van der Waals surface area contributed by atoms with Gasteiger partial charge in [-0.2, -0.15) is 0 Å². The Morgan fingerprint density at radius 1 is 1.05 bits per heavy atom. The van der Waals surface area contributed by atoms with Gasteiger partial charge in [0.15, 0.2) is 5.76 Å². The Bertz CT molecular complexity index is 545. The van der Waals surface area contributed by atoms with Crippen LogP contribution in [0.25, 0.3) is 0 Å². The van der Waals surface area contributed by atoms with Crippen molar-refractivity contribution in [2.24, 2.45) is 0 Å². The van der Waals surface area contributed by atoms with E-state index in [1.54, 1.807) is 0 Å². The molecule has 4 heteroatoms. The number of esters is 1. The van der Waals surface area contributed by atoms with Crippen LogP contribution in [-0.4, -0.2) is 18.4 Å². The third-order valence-corrected chi connectivity index (χ3v) is 3.43. The summed E-state index contributed by atoms with van der Waals surface area (Å²) in [5.41, 5.74) is 1.09. The zero-order chi connectivity index (χ0) is 13.2. The van der Waals surface area contributed by atoms with Gasteiger partial charge in [0, 0.05) is 12.8 Å². The van der Waals surface area contributed by atoms with Crippen LogP contribution in [0.3, 0.4) is 0 Å². The number of hydrogen-bond donors (Lipinski definition) is 0. The molecule has 0 bridgehead atoms. The van der Waals surface area contributed by atoms with Gasteiger partial charge in [-0.15, -0.1) is 0 Å². The van der Waals surface area contributed by atoms with Crippen molar-refractivity contribution in [3.8, 4) is 0 Å². The van der Waals surface area contributed by atoms with Crippen LogP contribution >= 0.6 is 0 Å². The average Bonchev–Trinajstić information content (AvgIpc) is 2.61. The first-order valence-corrected chi connectivity index (χ1v) is 6.39. The van der Waals surface area contributed by atoms with Crippen LogP contribution < -0.4 is 0 Å². The second-order valence-electron chi connectivity index (χ2n) is 4.76. The van der Waals surface area contributed by atoms with Gasteiger partial charge in [0.2, 0.25) is 11.5 Å². The fraction of sp³-hybridized carbons (Fsp3) is 0.333. The van der Waals surface area contributed by atoms with Crippen LogP contribution in [0, 0.1) is 0 Å². The Hall–Kier alpha value is -2.10. The van der Waals surface area contributed by atoms with E-state index in [0.717, 1.165) is 5.56 Å². The van der Waals surface area contributed by atoms with Crippen molar-refractivity contribution in [1.29, 1.82) is 0 Å². The molecule has 4 nitrogen and oxygen atoms in total. The molecule has 19 heavy (non-hydrogen) atoms. The van der Waals surface area contributed by atoms with E-state index in [-0.39, 0.29) is 36.5 Å². The van der Waals surface area contributed by atoms with Crippen LogP contribution in [0.5, 0.6) is 0 Å². The summed E-state index contributed by atoms with van der Waals surface area (Å²) < 4.78 is 10.6. The van der Waals surface area contributed by atoms with Crippen LogP contribution in [0.4, 0.5) is 0 Å². The summed E-state index contributed by atoms with van der Waals surface area (Å²) in [6.45, 7) is 0.222. The van der Waals surface area contributed by atoms with Crippen molar-refractivity contribution in [3.63, 3.8) is 0 Å². The van der Waals surface area contributed by atoms with E-state index in [0.29, 0.717) is 18.6 Å². The van der Waals surface area contributed by atoms with Gasteiger partial charge in [0.1, 0.15) is 0 Å². The minimum absolute atomic E-state index is 0.0574. The zero-order valence-corrected chi connectivity index (χ0v) is 10.4. The first-order valence-electron chi connectivity index (χ1n) is 6.39. The molecule has 0 N–H and O–H groups in total. The minimum atomic E-state index is -0.327. The van der Waals surface area contributed by atoms with Gasteiger partial charge in [-0.05, 0) is 11.5 Å². The Balaban J connectivity index is 1.89. The molecule has 0 saturated heterocycles. The standard InChI is InChI=1S/C15H14O4/c16-12-8-11(10-4-2-1-3-5-10)9-13-15(12)18-7-6-14(17)19-13/h1-5,11H,6-9H2. The van der Waals surface area contributed by atoms with Gasteiger partial charge in [-0.1, -0.05) is 30.3 Å². The summed E-state index contributed by atoms with van der Waals surface area (Å²) in [5, 5.41) is 0. The number of ketones is 1. The molecule has 2 aliphatic rings. The fourth-order valence-corrected chi connectivity index (χ4v) is 2.50. The molecule has 0 aromatic heterocycles. The van der Waals surface area contributed by atoms with Crippen LogP contribution in [0.2, 0.25) is 0 Å². The maximum atomic E-state index is 12.1. The highest BCUT2D eigenvalue weighted by atomic mass is 16.6. The molecule has 1 atom stereocenters. The highest BCUT2D eigenvalue weighted by Gasteiger charge is 2.33. The van der Waals surface area contributed by atoms with Gasteiger partial charge in [0.05, 0.1) is 13.0 Å². The minimum Gasteiger partial charge on any atom is -0.486 e. The van der Waals surface area contributed by atoms with Crippen molar-refractivity contribution in [3.05, 3.63) is 47.4 Å². The first-order chi connectivity index (χ1) is 9.24. The maximum Gasteiger partial charge on any atom is 0.314 e. The molecule has 1 aromatic carbocycles. The average molecular weight is 258 g/mol. The second kappa shape index (κ2) is 4.88. The van der Waals surface area contributed by atoms with Crippen LogP contribution in [-0.2, 0) is 19.1 Å². The number of rotatable bonds is 1. The Kier molecular flexibility index (Phi) is 3.07.